The monoisotopic (exact) mass is 282 g/mol. The van der Waals surface area contributed by atoms with E-state index < -0.39 is 0 Å². The van der Waals surface area contributed by atoms with Crippen molar-refractivity contribution in [2.24, 2.45) is 5.41 Å². The van der Waals surface area contributed by atoms with Crippen molar-refractivity contribution in [1.82, 2.24) is 10.3 Å². The van der Waals surface area contributed by atoms with Crippen molar-refractivity contribution in [2.75, 3.05) is 13.1 Å². The van der Waals surface area contributed by atoms with E-state index in [2.05, 4.69) is 17.2 Å². The van der Waals surface area contributed by atoms with Crippen LogP contribution in [0, 0.1) is 5.41 Å². The highest BCUT2D eigenvalue weighted by molar-refractivity contribution is 6.02. The molecule has 0 atom stereocenters. The molecule has 3 rings (SSSR count). The maximum atomic E-state index is 13.1. The van der Waals surface area contributed by atoms with Gasteiger partial charge in [0.1, 0.15) is 0 Å². The molecule has 0 saturated carbocycles. The molecule has 0 unspecified atom stereocenters. The quantitative estimate of drug-likeness (QED) is 0.871. The van der Waals surface area contributed by atoms with E-state index in [-0.39, 0.29) is 11.2 Å². The Hall–Kier alpha value is -1.74. The zero-order valence-corrected chi connectivity index (χ0v) is 12.6. The minimum atomic E-state index is -0.190. The predicted octanol–water partition coefficient (Wildman–Crippen LogP) is 3.59. The van der Waals surface area contributed by atoms with Crippen molar-refractivity contribution in [3.8, 4) is 0 Å². The van der Waals surface area contributed by atoms with Crippen LogP contribution in [-0.4, -0.2) is 23.9 Å². The molecule has 1 aliphatic rings. The van der Waals surface area contributed by atoms with Gasteiger partial charge in [-0.3, -0.25) is 9.78 Å². The maximum absolute atomic E-state index is 13.1. The fourth-order valence-electron chi connectivity index (χ4n) is 3.48. The third-order valence-electron chi connectivity index (χ3n) is 4.62. The molecule has 3 heteroatoms. The molecule has 0 aliphatic carbocycles. The lowest BCUT2D eigenvalue weighted by molar-refractivity contribution is 0.0704. The summed E-state index contributed by atoms with van der Waals surface area (Å²) in [4.78, 5) is 17.5. The summed E-state index contributed by atoms with van der Waals surface area (Å²) in [7, 11) is 0. The van der Waals surface area contributed by atoms with E-state index in [1.54, 1.807) is 6.20 Å². The lowest BCUT2D eigenvalue weighted by Crippen LogP contribution is -2.42. The molecule has 21 heavy (non-hydrogen) atoms. The van der Waals surface area contributed by atoms with E-state index in [0.717, 1.165) is 55.2 Å². The Balaban J connectivity index is 1.97. The van der Waals surface area contributed by atoms with Gasteiger partial charge in [0.15, 0.2) is 5.78 Å². The van der Waals surface area contributed by atoms with E-state index in [0.29, 0.717) is 0 Å². The number of aromatic nitrogens is 1. The second kappa shape index (κ2) is 5.94. The van der Waals surface area contributed by atoms with Crippen LogP contribution in [0.5, 0.6) is 0 Å². The number of carbonyl (C=O) groups excluding carboxylic acids is 1. The highest BCUT2D eigenvalue weighted by atomic mass is 16.1. The molecule has 0 spiro atoms. The third-order valence-corrected chi connectivity index (χ3v) is 4.62. The zero-order chi connectivity index (χ0) is 14.7. The van der Waals surface area contributed by atoms with Gasteiger partial charge in [-0.05, 0) is 44.5 Å². The number of rotatable bonds is 4. The number of Topliss-reactive ketones (excluding diaryl/α,β-unsaturated/α-hetero) is 1. The maximum Gasteiger partial charge on any atom is 0.170 e. The number of nitrogens with zero attached hydrogens (tertiary/aromatic N) is 1. The Morgan fingerprint density at radius 3 is 2.81 bits per heavy atom. The Kier molecular flexibility index (Phi) is 4.02. The first-order valence-corrected chi connectivity index (χ1v) is 7.85. The molecule has 0 radical (unpaired) electrons. The Labute approximate surface area is 125 Å². The molecule has 3 nitrogen and oxygen atoms in total. The van der Waals surface area contributed by atoms with Crippen molar-refractivity contribution < 1.29 is 4.79 Å². The van der Waals surface area contributed by atoms with Gasteiger partial charge in [-0.1, -0.05) is 31.5 Å². The van der Waals surface area contributed by atoms with Crippen LogP contribution < -0.4 is 5.32 Å². The zero-order valence-electron chi connectivity index (χ0n) is 12.6. The second-order valence-electron chi connectivity index (χ2n) is 6.03. The number of hydrogen-bond donors (Lipinski definition) is 1. The van der Waals surface area contributed by atoms with Gasteiger partial charge in [-0.15, -0.1) is 0 Å². The smallest absolute Gasteiger partial charge is 0.170 e. The van der Waals surface area contributed by atoms with Gasteiger partial charge in [0.2, 0.25) is 0 Å². The molecule has 1 aromatic carbocycles. The summed E-state index contributed by atoms with van der Waals surface area (Å²) in [5, 5.41) is 4.41. The number of hydrogen-bond acceptors (Lipinski definition) is 3. The summed E-state index contributed by atoms with van der Waals surface area (Å²) < 4.78 is 0. The minimum absolute atomic E-state index is 0.190. The van der Waals surface area contributed by atoms with E-state index in [9.17, 15) is 4.79 Å². The fraction of sp³-hybridized carbons (Fsp3) is 0.444. The lowest BCUT2D eigenvalue weighted by atomic mass is 9.70. The topological polar surface area (TPSA) is 42.0 Å². The van der Waals surface area contributed by atoms with Crippen molar-refractivity contribution >= 4 is 16.7 Å². The molecule has 0 amide bonds. The lowest BCUT2D eigenvalue weighted by Gasteiger charge is -2.36. The summed E-state index contributed by atoms with van der Waals surface area (Å²) >= 11 is 0. The van der Waals surface area contributed by atoms with Crippen molar-refractivity contribution in [2.45, 2.75) is 32.6 Å². The van der Waals surface area contributed by atoms with Crippen LogP contribution in [0.15, 0.2) is 36.5 Å². The molecule has 0 bridgehead atoms. The predicted molar refractivity (Wildman–Crippen MR) is 85.5 cm³/mol. The number of ketones is 1. The van der Waals surface area contributed by atoms with E-state index in [1.807, 2.05) is 30.3 Å². The van der Waals surface area contributed by atoms with Crippen LogP contribution >= 0.6 is 0 Å². The molecule has 2 heterocycles. The summed E-state index contributed by atoms with van der Waals surface area (Å²) in [5.74, 6) is 0.282. The first kappa shape index (κ1) is 14.2. The van der Waals surface area contributed by atoms with Crippen LogP contribution in [0.3, 0.4) is 0 Å². The number of carbonyl (C=O) groups is 1. The Morgan fingerprint density at radius 1 is 1.29 bits per heavy atom. The summed E-state index contributed by atoms with van der Waals surface area (Å²) in [6, 6.07) is 9.97. The van der Waals surface area contributed by atoms with E-state index >= 15 is 0 Å². The summed E-state index contributed by atoms with van der Waals surface area (Å²) in [5.41, 5.74) is 1.53. The van der Waals surface area contributed by atoms with Gasteiger partial charge in [0.25, 0.3) is 0 Å². The van der Waals surface area contributed by atoms with Gasteiger partial charge >= 0.3 is 0 Å². The van der Waals surface area contributed by atoms with Gasteiger partial charge in [-0.2, -0.15) is 0 Å². The molecule has 1 N–H and O–H groups in total. The molecular formula is C18H22N2O. The van der Waals surface area contributed by atoms with Gasteiger partial charge in [0, 0.05) is 22.6 Å². The molecule has 2 aromatic rings. The van der Waals surface area contributed by atoms with E-state index in [1.165, 1.54) is 0 Å². The molecule has 1 saturated heterocycles. The van der Waals surface area contributed by atoms with Crippen molar-refractivity contribution in [3.05, 3.63) is 42.1 Å². The second-order valence-corrected chi connectivity index (χ2v) is 6.03. The standard InChI is InChI=1S/C18H22N2O/c1-2-7-18(8-10-19-11-9-18)17(21)15-12-14-5-3-4-6-16(14)20-13-15/h3-6,12-13,19H,2,7-11H2,1H3. The van der Waals surface area contributed by atoms with Crippen LogP contribution in [0.25, 0.3) is 10.9 Å². The minimum Gasteiger partial charge on any atom is -0.317 e. The normalized spacial score (nSPS) is 17.8. The molecule has 1 fully saturated rings. The van der Waals surface area contributed by atoms with Gasteiger partial charge < -0.3 is 5.32 Å². The number of pyridine rings is 1. The van der Waals surface area contributed by atoms with E-state index in [4.69, 9.17) is 0 Å². The number of benzene rings is 1. The highest BCUT2D eigenvalue weighted by Gasteiger charge is 2.38. The largest absolute Gasteiger partial charge is 0.317 e. The first-order chi connectivity index (χ1) is 10.2. The average Bonchev–Trinajstić information content (AvgIpc) is 2.55. The number of para-hydroxylation sites is 1. The van der Waals surface area contributed by atoms with Crippen molar-refractivity contribution in [3.63, 3.8) is 0 Å². The molecule has 110 valence electrons. The van der Waals surface area contributed by atoms with Crippen LogP contribution in [0.2, 0.25) is 0 Å². The number of fused-ring (bicyclic) bond motifs is 1. The Morgan fingerprint density at radius 2 is 2.05 bits per heavy atom. The third kappa shape index (κ3) is 2.70. The van der Waals surface area contributed by atoms with Crippen LogP contribution in [0.4, 0.5) is 0 Å². The SMILES string of the molecule is CCCC1(C(=O)c2cnc3ccccc3c2)CCNCC1. The summed E-state index contributed by atoms with van der Waals surface area (Å²) in [6.07, 6.45) is 5.65. The number of nitrogens with one attached hydrogen (secondary N) is 1. The molecule has 1 aromatic heterocycles. The average molecular weight is 282 g/mol. The number of piperidine rings is 1. The Bertz CT molecular complexity index is 639. The fourth-order valence-corrected chi connectivity index (χ4v) is 3.48. The van der Waals surface area contributed by atoms with Crippen LogP contribution in [-0.2, 0) is 0 Å². The highest BCUT2D eigenvalue weighted by Crippen LogP contribution is 2.37. The van der Waals surface area contributed by atoms with Gasteiger partial charge in [0.05, 0.1) is 5.52 Å². The van der Waals surface area contributed by atoms with Crippen molar-refractivity contribution in [1.29, 1.82) is 0 Å². The first-order valence-electron chi connectivity index (χ1n) is 7.85. The van der Waals surface area contributed by atoms with Gasteiger partial charge in [-0.25, -0.2) is 0 Å². The molecule has 1 aliphatic heterocycles. The van der Waals surface area contributed by atoms with Crippen LogP contribution in [0.1, 0.15) is 43.0 Å². The molecular weight excluding hydrogens is 260 g/mol. The summed E-state index contributed by atoms with van der Waals surface area (Å²) in [6.45, 7) is 4.04.